The van der Waals surface area contributed by atoms with Crippen LogP contribution in [0.15, 0.2) is 109 Å². The number of halogens is 1. The molecule has 0 fully saturated rings. The molecule has 1 atom stereocenters. The quantitative estimate of drug-likeness (QED) is 0.341. The van der Waals surface area contributed by atoms with Gasteiger partial charge in [-0.25, -0.2) is 4.39 Å². The monoisotopic (exact) mass is 466 g/mol. The second kappa shape index (κ2) is 11.3. The molecule has 0 radical (unpaired) electrons. The topological polar surface area (TPSA) is 49.4 Å². The highest BCUT2D eigenvalue weighted by Crippen LogP contribution is 2.22. The Labute approximate surface area is 205 Å². The van der Waals surface area contributed by atoms with Gasteiger partial charge < -0.3 is 10.2 Å². The summed E-state index contributed by atoms with van der Waals surface area (Å²) in [5, 5.41) is 3.02. The number of nitrogens with zero attached hydrogens (tertiary/aromatic N) is 1. The van der Waals surface area contributed by atoms with Crippen LogP contribution < -0.4 is 10.2 Å². The van der Waals surface area contributed by atoms with Crippen LogP contribution in [0.2, 0.25) is 0 Å². The zero-order valence-electron chi connectivity index (χ0n) is 19.5. The fraction of sp³-hybridized carbons (Fsp3) is 0.133. The largest absolute Gasteiger partial charge is 0.349 e. The Morgan fingerprint density at radius 2 is 1.34 bits per heavy atom. The molecule has 4 rings (SSSR count). The van der Waals surface area contributed by atoms with Crippen molar-refractivity contribution in [2.75, 3.05) is 4.90 Å². The van der Waals surface area contributed by atoms with E-state index in [2.05, 4.69) is 5.32 Å². The maximum absolute atomic E-state index is 13.4. The molecule has 0 heterocycles. The first-order valence-corrected chi connectivity index (χ1v) is 11.5. The Bertz CT molecular complexity index is 1260. The Balaban J connectivity index is 1.49. The summed E-state index contributed by atoms with van der Waals surface area (Å²) in [5.41, 5.74) is 3.97. The molecule has 5 heteroatoms. The molecule has 0 saturated heterocycles. The number of nitrogens with one attached hydrogen (secondary N) is 1. The van der Waals surface area contributed by atoms with Crippen LogP contribution in [0.1, 0.15) is 40.0 Å². The molecule has 1 unspecified atom stereocenters. The summed E-state index contributed by atoms with van der Waals surface area (Å²) in [6.07, 6.45) is 0.238. The van der Waals surface area contributed by atoms with Crippen molar-refractivity contribution in [2.45, 2.75) is 25.9 Å². The number of carbonyl (C=O) groups is 2. The van der Waals surface area contributed by atoms with Crippen molar-refractivity contribution in [1.29, 1.82) is 0 Å². The van der Waals surface area contributed by atoms with E-state index in [1.165, 1.54) is 12.1 Å². The van der Waals surface area contributed by atoms with E-state index in [0.717, 1.165) is 16.7 Å². The van der Waals surface area contributed by atoms with E-state index in [9.17, 15) is 14.0 Å². The van der Waals surface area contributed by atoms with Crippen LogP contribution in [0.3, 0.4) is 0 Å². The van der Waals surface area contributed by atoms with Gasteiger partial charge in [0.05, 0.1) is 19.0 Å². The Hall–Kier alpha value is -4.25. The summed E-state index contributed by atoms with van der Waals surface area (Å²) >= 11 is 0. The van der Waals surface area contributed by atoms with Crippen LogP contribution in [-0.2, 0) is 17.8 Å². The highest BCUT2D eigenvalue weighted by Gasteiger charge is 2.19. The van der Waals surface area contributed by atoms with E-state index in [1.54, 1.807) is 29.2 Å². The van der Waals surface area contributed by atoms with Crippen LogP contribution in [0, 0.1) is 5.82 Å². The lowest BCUT2D eigenvalue weighted by Crippen LogP contribution is -2.30. The number of benzene rings is 4. The molecular formula is C30H27FN2O2. The first-order chi connectivity index (χ1) is 17.0. The summed E-state index contributed by atoms with van der Waals surface area (Å²) in [4.78, 5) is 27.6. The fourth-order valence-electron chi connectivity index (χ4n) is 3.89. The standard InChI is InChI=1S/C30H27FN2O2/c1-22(25-8-4-2-5-9-25)32-29(34)20-23-14-18-28(19-15-23)33(21-24-12-16-27(31)17-13-24)30(35)26-10-6-3-7-11-26/h2-19,22H,20-21H2,1H3,(H,32,34). The third kappa shape index (κ3) is 6.42. The minimum absolute atomic E-state index is 0.0716. The van der Waals surface area contributed by atoms with Gasteiger partial charge in [0.1, 0.15) is 5.82 Å². The molecule has 0 aliphatic carbocycles. The van der Waals surface area contributed by atoms with E-state index in [1.807, 2.05) is 79.7 Å². The van der Waals surface area contributed by atoms with E-state index in [-0.39, 0.29) is 30.1 Å². The number of rotatable bonds is 8. The summed E-state index contributed by atoms with van der Waals surface area (Å²) in [6.45, 7) is 2.25. The van der Waals surface area contributed by atoms with Crippen molar-refractivity contribution in [3.63, 3.8) is 0 Å². The zero-order valence-corrected chi connectivity index (χ0v) is 19.5. The first-order valence-electron chi connectivity index (χ1n) is 11.5. The SMILES string of the molecule is CC(NC(=O)Cc1ccc(N(Cc2ccc(F)cc2)C(=O)c2ccccc2)cc1)c1ccccc1. The molecule has 0 bridgehead atoms. The van der Waals surface area contributed by atoms with E-state index >= 15 is 0 Å². The van der Waals surface area contributed by atoms with Crippen LogP contribution in [-0.4, -0.2) is 11.8 Å². The molecule has 2 amide bonds. The van der Waals surface area contributed by atoms with E-state index in [4.69, 9.17) is 0 Å². The summed E-state index contributed by atoms with van der Waals surface area (Å²) in [6, 6.07) is 32.3. The number of carbonyl (C=O) groups excluding carboxylic acids is 2. The lowest BCUT2D eigenvalue weighted by Gasteiger charge is -2.23. The molecule has 176 valence electrons. The normalized spacial score (nSPS) is 11.5. The number of hydrogen-bond acceptors (Lipinski definition) is 2. The van der Waals surface area contributed by atoms with Gasteiger partial charge in [-0.05, 0) is 60.0 Å². The van der Waals surface area contributed by atoms with E-state index < -0.39 is 0 Å². The van der Waals surface area contributed by atoms with Gasteiger partial charge in [0.25, 0.3) is 5.91 Å². The average Bonchev–Trinajstić information content (AvgIpc) is 2.89. The number of amides is 2. The zero-order chi connectivity index (χ0) is 24.6. The highest BCUT2D eigenvalue weighted by molar-refractivity contribution is 6.06. The van der Waals surface area contributed by atoms with Crippen molar-refractivity contribution in [1.82, 2.24) is 5.32 Å². The lowest BCUT2D eigenvalue weighted by molar-refractivity contribution is -0.121. The molecular weight excluding hydrogens is 439 g/mol. The van der Waals surface area contributed by atoms with Crippen LogP contribution in [0.5, 0.6) is 0 Å². The van der Waals surface area contributed by atoms with Gasteiger partial charge in [0.2, 0.25) is 5.91 Å². The van der Waals surface area contributed by atoms with Gasteiger partial charge in [-0.2, -0.15) is 0 Å². The minimum atomic E-state index is -0.320. The summed E-state index contributed by atoms with van der Waals surface area (Å²) < 4.78 is 13.4. The molecule has 0 aliphatic rings. The molecule has 4 nitrogen and oxygen atoms in total. The van der Waals surface area contributed by atoms with Gasteiger partial charge in [0, 0.05) is 11.3 Å². The van der Waals surface area contributed by atoms with Gasteiger partial charge in [-0.3, -0.25) is 9.59 Å². The molecule has 0 saturated carbocycles. The third-order valence-electron chi connectivity index (χ3n) is 5.81. The minimum Gasteiger partial charge on any atom is -0.349 e. The molecule has 0 aliphatic heterocycles. The van der Waals surface area contributed by atoms with Crippen LogP contribution in [0.25, 0.3) is 0 Å². The van der Waals surface area contributed by atoms with Gasteiger partial charge >= 0.3 is 0 Å². The Kier molecular flexibility index (Phi) is 7.68. The van der Waals surface area contributed by atoms with Crippen molar-refractivity contribution < 1.29 is 14.0 Å². The smallest absolute Gasteiger partial charge is 0.258 e. The third-order valence-corrected chi connectivity index (χ3v) is 5.81. The van der Waals surface area contributed by atoms with Crippen molar-refractivity contribution in [2.24, 2.45) is 0 Å². The van der Waals surface area contributed by atoms with Gasteiger partial charge in [0.15, 0.2) is 0 Å². The van der Waals surface area contributed by atoms with Gasteiger partial charge in [-0.15, -0.1) is 0 Å². The molecule has 4 aromatic carbocycles. The maximum atomic E-state index is 13.4. The second-order valence-corrected chi connectivity index (χ2v) is 8.43. The number of anilines is 1. The lowest BCUT2D eigenvalue weighted by atomic mass is 10.1. The van der Waals surface area contributed by atoms with Crippen molar-refractivity contribution in [3.05, 3.63) is 137 Å². The predicted octanol–water partition coefficient (Wildman–Crippen LogP) is 6.09. The summed E-state index contributed by atoms with van der Waals surface area (Å²) in [5.74, 6) is -0.548. The molecule has 0 spiro atoms. The predicted molar refractivity (Wildman–Crippen MR) is 137 cm³/mol. The van der Waals surface area contributed by atoms with Gasteiger partial charge in [-0.1, -0.05) is 72.8 Å². The summed E-state index contributed by atoms with van der Waals surface area (Å²) in [7, 11) is 0. The van der Waals surface area contributed by atoms with Crippen molar-refractivity contribution >= 4 is 17.5 Å². The first kappa shape index (κ1) is 23.9. The Morgan fingerprint density at radius 1 is 0.771 bits per heavy atom. The van der Waals surface area contributed by atoms with Crippen molar-refractivity contribution in [3.8, 4) is 0 Å². The second-order valence-electron chi connectivity index (χ2n) is 8.43. The maximum Gasteiger partial charge on any atom is 0.258 e. The average molecular weight is 467 g/mol. The highest BCUT2D eigenvalue weighted by atomic mass is 19.1. The molecule has 4 aromatic rings. The number of hydrogen-bond donors (Lipinski definition) is 1. The van der Waals surface area contributed by atoms with Crippen LogP contribution >= 0.6 is 0 Å². The van der Waals surface area contributed by atoms with Crippen LogP contribution in [0.4, 0.5) is 10.1 Å². The molecule has 35 heavy (non-hydrogen) atoms. The Morgan fingerprint density at radius 3 is 1.97 bits per heavy atom. The fourth-order valence-corrected chi connectivity index (χ4v) is 3.89. The molecule has 1 N–H and O–H groups in total. The molecule has 0 aromatic heterocycles. The van der Waals surface area contributed by atoms with E-state index in [0.29, 0.717) is 17.8 Å².